The van der Waals surface area contributed by atoms with Crippen LogP contribution in [0.25, 0.3) is 5.82 Å². The zero-order valence-corrected chi connectivity index (χ0v) is 13.1. The molecule has 0 fully saturated rings. The minimum Gasteiger partial charge on any atom is -0.462 e. The molecular weight excluding hydrogens is 324 g/mol. The predicted molar refractivity (Wildman–Crippen MR) is 78.9 cm³/mol. The zero-order chi connectivity index (χ0) is 14.9. The Kier molecular flexibility index (Phi) is 4.08. The molecule has 2 aromatic rings. The molecule has 20 heavy (non-hydrogen) atoms. The first-order chi connectivity index (χ1) is 9.45. The summed E-state index contributed by atoms with van der Waals surface area (Å²) in [5.74, 6) is 0.0581. The largest absolute Gasteiger partial charge is 0.462 e. The maximum Gasteiger partial charge on any atom is 0.340 e. The maximum absolute atomic E-state index is 11.8. The standard InChI is InChI=1S/C13H15BrN4O2/c1-4-20-13(19)9-5-11(16-6-10(9)15)18-8(3)12(14)7(2)17-18/h5-6H,4,15H2,1-3H3. The molecule has 0 unspecified atom stereocenters. The molecule has 2 N–H and O–H groups in total. The third-order valence-electron chi connectivity index (χ3n) is 2.84. The Bertz CT molecular complexity index is 667. The lowest BCUT2D eigenvalue weighted by Gasteiger charge is -2.08. The lowest BCUT2D eigenvalue weighted by molar-refractivity contribution is 0.0527. The van der Waals surface area contributed by atoms with E-state index in [4.69, 9.17) is 10.5 Å². The second-order valence-corrected chi connectivity index (χ2v) is 5.04. The van der Waals surface area contributed by atoms with Gasteiger partial charge in [-0.2, -0.15) is 5.10 Å². The molecule has 0 atom stereocenters. The van der Waals surface area contributed by atoms with Crippen molar-refractivity contribution in [2.75, 3.05) is 12.3 Å². The summed E-state index contributed by atoms with van der Waals surface area (Å²) in [6.07, 6.45) is 1.44. The van der Waals surface area contributed by atoms with E-state index in [1.54, 1.807) is 17.7 Å². The summed E-state index contributed by atoms with van der Waals surface area (Å²) in [6, 6.07) is 1.58. The number of halogens is 1. The van der Waals surface area contributed by atoms with Gasteiger partial charge in [0, 0.05) is 0 Å². The van der Waals surface area contributed by atoms with Gasteiger partial charge < -0.3 is 10.5 Å². The number of aryl methyl sites for hydroxylation is 1. The van der Waals surface area contributed by atoms with Crippen LogP contribution in [0.15, 0.2) is 16.7 Å². The van der Waals surface area contributed by atoms with E-state index in [9.17, 15) is 4.79 Å². The molecule has 2 heterocycles. The van der Waals surface area contributed by atoms with Crippen molar-refractivity contribution in [3.05, 3.63) is 33.7 Å². The second kappa shape index (κ2) is 5.62. The van der Waals surface area contributed by atoms with Gasteiger partial charge in [0.05, 0.1) is 39.9 Å². The number of hydrogen-bond donors (Lipinski definition) is 1. The SMILES string of the molecule is CCOC(=O)c1cc(-n2nc(C)c(Br)c2C)ncc1N. The molecule has 2 aromatic heterocycles. The molecule has 0 aromatic carbocycles. The summed E-state index contributed by atoms with van der Waals surface area (Å²) in [4.78, 5) is 16.1. The number of esters is 1. The maximum atomic E-state index is 11.8. The van der Waals surface area contributed by atoms with Gasteiger partial charge in [0.2, 0.25) is 0 Å². The zero-order valence-electron chi connectivity index (χ0n) is 11.5. The van der Waals surface area contributed by atoms with Gasteiger partial charge in [-0.3, -0.25) is 0 Å². The van der Waals surface area contributed by atoms with Crippen molar-refractivity contribution < 1.29 is 9.53 Å². The number of rotatable bonds is 3. The fourth-order valence-electron chi connectivity index (χ4n) is 1.80. The highest BCUT2D eigenvalue weighted by atomic mass is 79.9. The Morgan fingerprint density at radius 3 is 2.75 bits per heavy atom. The molecule has 0 aliphatic heterocycles. The van der Waals surface area contributed by atoms with Gasteiger partial charge in [-0.15, -0.1) is 0 Å². The van der Waals surface area contributed by atoms with E-state index in [2.05, 4.69) is 26.0 Å². The smallest absolute Gasteiger partial charge is 0.340 e. The summed E-state index contributed by atoms with van der Waals surface area (Å²) in [6.45, 7) is 5.83. The molecule has 2 rings (SSSR count). The number of aromatic nitrogens is 3. The number of pyridine rings is 1. The molecule has 0 spiro atoms. The fraction of sp³-hybridized carbons (Fsp3) is 0.308. The third-order valence-corrected chi connectivity index (χ3v) is 3.98. The third kappa shape index (κ3) is 2.53. The van der Waals surface area contributed by atoms with Gasteiger partial charge in [-0.05, 0) is 42.8 Å². The van der Waals surface area contributed by atoms with E-state index in [1.807, 2.05) is 13.8 Å². The molecule has 0 aliphatic carbocycles. The van der Waals surface area contributed by atoms with Crippen molar-refractivity contribution in [2.24, 2.45) is 0 Å². The first-order valence-corrected chi connectivity index (χ1v) is 6.89. The quantitative estimate of drug-likeness (QED) is 0.869. The van der Waals surface area contributed by atoms with Crippen molar-refractivity contribution in [3.8, 4) is 5.82 Å². The van der Waals surface area contributed by atoms with Gasteiger partial charge in [-0.25, -0.2) is 14.5 Å². The summed E-state index contributed by atoms with van der Waals surface area (Å²) in [5.41, 5.74) is 8.09. The van der Waals surface area contributed by atoms with Crippen LogP contribution in [0, 0.1) is 13.8 Å². The number of hydrogen-bond acceptors (Lipinski definition) is 5. The van der Waals surface area contributed by atoms with E-state index in [-0.39, 0.29) is 5.69 Å². The molecule has 0 saturated carbocycles. The number of nitrogens with two attached hydrogens (primary N) is 1. The number of anilines is 1. The molecule has 0 amide bonds. The topological polar surface area (TPSA) is 83.0 Å². The van der Waals surface area contributed by atoms with Crippen LogP contribution >= 0.6 is 15.9 Å². The van der Waals surface area contributed by atoms with Crippen molar-refractivity contribution in [2.45, 2.75) is 20.8 Å². The number of carbonyl (C=O) groups is 1. The average molecular weight is 339 g/mol. The summed E-state index contributed by atoms with van der Waals surface area (Å²) < 4.78 is 7.54. The highest BCUT2D eigenvalue weighted by molar-refractivity contribution is 9.10. The summed E-state index contributed by atoms with van der Waals surface area (Å²) >= 11 is 3.46. The van der Waals surface area contributed by atoms with Gasteiger partial charge in [-0.1, -0.05) is 0 Å². The lowest BCUT2D eigenvalue weighted by atomic mass is 10.2. The van der Waals surface area contributed by atoms with Crippen LogP contribution in [0.2, 0.25) is 0 Å². The molecule has 106 valence electrons. The minimum absolute atomic E-state index is 0.285. The normalized spacial score (nSPS) is 10.6. The average Bonchev–Trinajstić information content (AvgIpc) is 2.67. The van der Waals surface area contributed by atoms with Crippen molar-refractivity contribution in [1.29, 1.82) is 0 Å². The monoisotopic (exact) mass is 338 g/mol. The van der Waals surface area contributed by atoms with Crippen LogP contribution in [-0.4, -0.2) is 27.3 Å². The Morgan fingerprint density at radius 1 is 1.50 bits per heavy atom. The van der Waals surface area contributed by atoms with E-state index >= 15 is 0 Å². The number of carbonyl (C=O) groups excluding carboxylic acids is 1. The Balaban J connectivity index is 2.51. The van der Waals surface area contributed by atoms with Crippen molar-refractivity contribution in [1.82, 2.24) is 14.8 Å². The fourth-order valence-corrected chi connectivity index (χ4v) is 2.05. The summed E-state index contributed by atoms with van der Waals surface area (Å²) in [5, 5.41) is 4.37. The Morgan fingerprint density at radius 2 is 2.20 bits per heavy atom. The van der Waals surface area contributed by atoms with Gasteiger partial charge >= 0.3 is 5.97 Å². The Hall–Kier alpha value is -1.89. The van der Waals surface area contributed by atoms with Crippen LogP contribution in [0.5, 0.6) is 0 Å². The first kappa shape index (κ1) is 14.5. The van der Waals surface area contributed by atoms with E-state index in [1.165, 1.54) is 6.20 Å². The van der Waals surface area contributed by atoms with Gasteiger partial charge in [0.1, 0.15) is 0 Å². The van der Waals surface area contributed by atoms with Crippen LogP contribution in [0.1, 0.15) is 28.7 Å². The highest BCUT2D eigenvalue weighted by Gasteiger charge is 2.16. The van der Waals surface area contributed by atoms with Crippen LogP contribution in [0.3, 0.4) is 0 Å². The van der Waals surface area contributed by atoms with E-state index in [0.717, 1.165) is 15.9 Å². The van der Waals surface area contributed by atoms with Crippen molar-refractivity contribution >= 4 is 27.6 Å². The van der Waals surface area contributed by atoms with Crippen LogP contribution < -0.4 is 5.73 Å². The van der Waals surface area contributed by atoms with Crippen molar-refractivity contribution in [3.63, 3.8) is 0 Å². The second-order valence-electron chi connectivity index (χ2n) is 4.25. The molecule has 6 nitrogen and oxygen atoms in total. The van der Waals surface area contributed by atoms with Crippen LogP contribution in [-0.2, 0) is 4.74 Å². The van der Waals surface area contributed by atoms with Crippen LogP contribution in [0.4, 0.5) is 5.69 Å². The summed E-state index contributed by atoms with van der Waals surface area (Å²) in [7, 11) is 0. The minimum atomic E-state index is -0.464. The van der Waals surface area contributed by atoms with E-state index < -0.39 is 5.97 Å². The Labute approximate surface area is 125 Å². The number of nitrogen functional groups attached to an aromatic ring is 1. The molecule has 0 radical (unpaired) electrons. The number of ether oxygens (including phenoxy) is 1. The predicted octanol–water partition coefficient (Wildman–Crippen LogP) is 2.41. The highest BCUT2D eigenvalue weighted by Crippen LogP contribution is 2.23. The van der Waals surface area contributed by atoms with Gasteiger partial charge in [0.15, 0.2) is 5.82 Å². The molecular formula is C13H15BrN4O2. The molecule has 0 bridgehead atoms. The molecule has 7 heteroatoms. The molecule has 0 aliphatic rings. The van der Waals surface area contributed by atoms with E-state index in [0.29, 0.717) is 18.0 Å². The lowest BCUT2D eigenvalue weighted by Crippen LogP contribution is -2.11. The molecule has 0 saturated heterocycles. The number of nitrogens with zero attached hydrogens (tertiary/aromatic N) is 3. The first-order valence-electron chi connectivity index (χ1n) is 6.10. The van der Waals surface area contributed by atoms with Gasteiger partial charge in [0.25, 0.3) is 0 Å².